The van der Waals surface area contributed by atoms with Crippen molar-refractivity contribution in [3.8, 4) is 0 Å². The lowest BCUT2D eigenvalue weighted by molar-refractivity contribution is -0.127. The molecule has 7 heteroatoms. The summed E-state index contributed by atoms with van der Waals surface area (Å²) in [7, 11) is 3.53. The Morgan fingerprint density at radius 3 is 2.36 bits per heavy atom. The minimum absolute atomic E-state index is 0. The van der Waals surface area contributed by atoms with Crippen molar-refractivity contribution in [2.45, 2.75) is 64.0 Å². The summed E-state index contributed by atoms with van der Waals surface area (Å²) in [6.45, 7) is 5.57. The van der Waals surface area contributed by atoms with Gasteiger partial charge in [0.15, 0.2) is 5.96 Å². The van der Waals surface area contributed by atoms with E-state index < -0.39 is 0 Å². The van der Waals surface area contributed by atoms with E-state index in [-0.39, 0.29) is 36.4 Å². The first-order valence-electron chi connectivity index (χ1n) is 9.59. The third kappa shape index (κ3) is 7.68. The number of halogens is 1. The fraction of sp³-hybridized carbons (Fsp3) is 0.889. The molecule has 0 aromatic heterocycles. The zero-order valence-corrected chi connectivity index (χ0v) is 18.4. The normalized spacial score (nSPS) is 20.2. The third-order valence-corrected chi connectivity index (χ3v) is 5.13. The maximum absolute atomic E-state index is 11.8. The number of nitrogens with zero attached hydrogens (tertiary/aromatic N) is 3. The zero-order valence-electron chi connectivity index (χ0n) is 16.1. The summed E-state index contributed by atoms with van der Waals surface area (Å²) in [5, 5.41) is 6.87. The van der Waals surface area contributed by atoms with Gasteiger partial charge in [0.25, 0.3) is 0 Å². The van der Waals surface area contributed by atoms with Gasteiger partial charge in [0.1, 0.15) is 6.54 Å². The number of likely N-dealkylation sites (N-methyl/N-ethyl adjacent to an activating group) is 1. The molecule has 2 fully saturated rings. The molecule has 0 bridgehead atoms. The fourth-order valence-electron chi connectivity index (χ4n) is 3.56. The lowest BCUT2D eigenvalue weighted by atomic mass is 10.0. The first-order valence-corrected chi connectivity index (χ1v) is 9.59. The summed E-state index contributed by atoms with van der Waals surface area (Å²) in [6, 6.07) is 1.29. The Morgan fingerprint density at radius 1 is 1.16 bits per heavy atom. The number of carbonyl (C=O) groups is 1. The number of piperidine rings is 1. The molecule has 0 atom stereocenters. The predicted octanol–water partition coefficient (Wildman–Crippen LogP) is 2.04. The second-order valence-corrected chi connectivity index (χ2v) is 7.27. The van der Waals surface area contributed by atoms with Crippen LogP contribution in [-0.4, -0.2) is 74.0 Å². The molecule has 0 aromatic carbocycles. The molecule has 0 unspecified atom stereocenters. The smallest absolute Gasteiger partial charge is 0.243 e. The van der Waals surface area contributed by atoms with Crippen molar-refractivity contribution in [2.75, 3.05) is 40.3 Å². The van der Waals surface area contributed by atoms with Gasteiger partial charge in [-0.3, -0.25) is 4.79 Å². The Bertz CT molecular complexity index is 416. The van der Waals surface area contributed by atoms with E-state index in [0.29, 0.717) is 6.04 Å². The monoisotopic (exact) mass is 465 g/mol. The average Bonchev–Trinajstić information content (AvgIpc) is 3.12. The van der Waals surface area contributed by atoms with E-state index in [1.54, 1.807) is 19.0 Å². The second-order valence-electron chi connectivity index (χ2n) is 7.27. The number of nitrogens with one attached hydrogen (secondary N) is 2. The molecule has 2 N–H and O–H groups in total. The molecule has 0 aromatic rings. The summed E-state index contributed by atoms with van der Waals surface area (Å²) >= 11 is 0. The van der Waals surface area contributed by atoms with E-state index in [1.807, 2.05) is 0 Å². The van der Waals surface area contributed by atoms with E-state index in [4.69, 9.17) is 0 Å². The minimum Gasteiger partial charge on any atom is -0.356 e. The van der Waals surface area contributed by atoms with Crippen LogP contribution in [0.4, 0.5) is 0 Å². The summed E-state index contributed by atoms with van der Waals surface area (Å²) in [6.07, 6.45) is 8.93. The SMILES string of the molecule is CCCNC(=NCC(=O)N(C)C)NC1CCN(C2CCCC2)CC1.I. The van der Waals surface area contributed by atoms with E-state index in [0.717, 1.165) is 37.8 Å². The summed E-state index contributed by atoms with van der Waals surface area (Å²) in [5.74, 6) is 0.815. The first kappa shape index (κ1) is 22.5. The molecule has 1 amide bonds. The molecular formula is C18H36IN5O. The molecule has 1 saturated heterocycles. The first-order chi connectivity index (χ1) is 11.6. The number of guanidine groups is 1. The van der Waals surface area contributed by atoms with E-state index >= 15 is 0 Å². The maximum Gasteiger partial charge on any atom is 0.243 e. The largest absolute Gasteiger partial charge is 0.356 e. The highest BCUT2D eigenvalue weighted by atomic mass is 127. The van der Waals surface area contributed by atoms with Crippen LogP contribution in [0.5, 0.6) is 0 Å². The standard InChI is InChI=1S/C18H35N5O.HI/c1-4-11-19-18(20-14-17(24)22(2)3)21-15-9-12-23(13-10-15)16-7-5-6-8-16;/h15-16H,4-14H2,1-3H3,(H2,19,20,21);1H. The lowest BCUT2D eigenvalue weighted by Crippen LogP contribution is -2.50. The molecule has 6 nitrogen and oxygen atoms in total. The van der Waals surface area contributed by atoms with Crippen LogP contribution < -0.4 is 10.6 Å². The molecule has 1 aliphatic heterocycles. The van der Waals surface area contributed by atoms with Gasteiger partial charge in [-0.15, -0.1) is 24.0 Å². The number of hydrogen-bond acceptors (Lipinski definition) is 3. The molecule has 1 saturated carbocycles. The quantitative estimate of drug-likeness (QED) is 0.358. The fourth-order valence-corrected chi connectivity index (χ4v) is 3.56. The van der Waals surface area contributed by atoms with Crippen LogP contribution in [0, 0.1) is 0 Å². The van der Waals surface area contributed by atoms with Crippen LogP contribution in [0.3, 0.4) is 0 Å². The molecule has 0 spiro atoms. The number of hydrogen-bond donors (Lipinski definition) is 2. The molecule has 2 rings (SSSR count). The van der Waals surface area contributed by atoms with Gasteiger partial charge in [0.2, 0.25) is 5.91 Å². The van der Waals surface area contributed by atoms with Gasteiger partial charge in [-0.2, -0.15) is 0 Å². The number of aliphatic imine (C=N–C) groups is 1. The van der Waals surface area contributed by atoms with Crippen molar-refractivity contribution in [1.29, 1.82) is 0 Å². The number of amides is 1. The topological polar surface area (TPSA) is 60.0 Å². The van der Waals surface area contributed by atoms with Crippen molar-refractivity contribution >= 4 is 35.8 Å². The van der Waals surface area contributed by atoms with Crippen molar-refractivity contribution in [1.82, 2.24) is 20.4 Å². The molecule has 2 aliphatic rings. The van der Waals surface area contributed by atoms with Gasteiger partial charge in [0.05, 0.1) is 0 Å². The van der Waals surface area contributed by atoms with Crippen molar-refractivity contribution in [3.63, 3.8) is 0 Å². The van der Waals surface area contributed by atoms with Crippen molar-refractivity contribution < 1.29 is 4.79 Å². The Kier molecular flexibility index (Phi) is 10.7. The lowest BCUT2D eigenvalue weighted by Gasteiger charge is -2.36. The highest BCUT2D eigenvalue weighted by Crippen LogP contribution is 2.26. The number of rotatable bonds is 6. The summed E-state index contributed by atoms with van der Waals surface area (Å²) < 4.78 is 0. The van der Waals surface area contributed by atoms with E-state index in [1.165, 1.54) is 38.8 Å². The molecule has 0 radical (unpaired) electrons. The Morgan fingerprint density at radius 2 is 1.80 bits per heavy atom. The molecule has 146 valence electrons. The molecule has 1 heterocycles. The predicted molar refractivity (Wildman–Crippen MR) is 115 cm³/mol. The van der Waals surface area contributed by atoms with E-state index in [2.05, 4.69) is 27.4 Å². The van der Waals surface area contributed by atoms with Gasteiger partial charge < -0.3 is 20.4 Å². The van der Waals surface area contributed by atoms with Crippen LogP contribution in [0.1, 0.15) is 51.9 Å². The van der Waals surface area contributed by atoms with Gasteiger partial charge in [0, 0.05) is 45.8 Å². The van der Waals surface area contributed by atoms with Gasteiger partial charge in [-0.05, 0) is 32.1 Å². The van der Waals surface area contributed by atoms with Crippen LogP contribution >= 0.6 is 24.0 Å². The van der Waals surface area contributed by atoms with Crippen molar-refractivity contribution in [2.24, 2.45) is 4.99 Å². The third-order valence-electron chi connectivity index (χ3n) is 5.13. The number of likely N-dealkylation sites (tertiary alicyclic amines) is 1. The summed E-state index contributed by atoms with van der Waals surface area (Å²) in [5.41, 5.74) is 0. The molecule has 1 aliphatic carbocycles. The highest BCUT2D eigenvalue weighted by Gasteiger charge is 2.27. The number of carbonyl (C=O) groups excluding carboxylic acids is 1. The van der Waals surface area contributed by atoms with Crippen molar-refractivity contribution in [3.05, 3.63) is 0 Å². The highest BCUT2D eigenvalue weighted by molar-refractivity contribution is 14.0. The second kappa shape index (κ2) is 11.9. The Labute approximate surface area is 170 Å². The van der Waals surface area contributed by atoms with Crippen LogP contribution in [-0.2, 0) is 4.79 Å². The summed E-state index contributed by atoms with van der Waals surface area (Å²) in [4.78, 5) is 20.5. The average molecular weight is 465 g/mol. The van der Waals surface area contributed by atoms with E-state index in [9.17, 15) is 4.79 Å². The minimum atomic E-state index is 0. The van der Waals surface area contributed by atoms with Gasteiger partial charge in [-0.25, -0.2) is 4.99 Å². The van der Waals surface area contributed by atoms with Crippen LogP contribution in [0.2, 0.25) is 0 Å². The van der Waals surface area contributed by atoms with Crippen LogP contribution in [0.15, 0.2) is 4.99 Å². The van der Waals surface area contributed by atoms with Crippen LogP contribution in [0.25, 0.3) is 0 Å². The maximum atomic E-state index is 11.8. The Hall–Kier alpha value is -0.570. The Balaban J connectivity index is 0.00000312. The van der Waals surface area contributed by atoms with Gasteiger partial charge in [-0.1, -0.05) is 19.8 Å². The van der Waals surface area contributed by atoms with Gasteiger partial charge >= 0.3 is 0 Å². The molecular weight excluding hydrogens is 429 g/mol. The molecule has 25 heavy (non-hydrogen) atoms. The zero-order chi connectivity index (χ0) is 17.4.